The Morgan fingerprint density at radius 2 is 1.96 bits per heavy atom. The minimum atomic E-state index is -0.301. The molecule has 1 aromatic carbocycles. The fraction of sp³-hybridized carbons (Fsp3) is 0.478. The number of hydrogen-bond acceptors (Lipinski definition) is 4. The highest BCUT2D eigenvalue weighted by Crippen LogP contribution is 2.31. The zero-order valence-corrected chi connectivity index (χ0v) is 16.8. The van der Waals surface area contributed by atoms with Crippen LogP contribution in [0, 0.1) is 5.92 Å². The van der Waals surface area contributed by atoms with Crippen LogP contribution in [-0.4, -0.2) is 28.9 Å². The van der Waals surface area contributed by atoms with Gasteiger partial charge in [-0.3, -0.25) is 9.59 Å². The maximum atomic E-state index is 13.0. The second-order valence-corrected chi connectivity index (χ2v) is 7.83. The summed E-state index contributed by atoms with van der Waals surface area (Å²) in [4.78, 5) is 25.2. The Balaban J connectivity index is 1.87. The van der Waals surface area contributed by atoms with E-state index in [1.54, 1.807) is 13.0 Å². The van der Waals surface area contributed by atoms with Crippen molar-refractivity contribution in [3.8, 4) is 0 Å². The van der Waals surface area contributed by atoms with E-state index < -0.39 is 0 Å². The van der Waals surface area contributed by atoms with Crippen molar-refractivity contribution >= 4 is 11.7 Å². The first-order valence-corrected chi connectivity index (χ1v) is 10.1. The lowest BCUT2D eigenvalue weighted by Crippen LogP contribution is -2.41. The molecule has 0 bridgehead atoms. The van der Waals surface area contributed by atoms with Gasteiger partial charge in [0, 0.05) is 24.4 Å². The lowest BCUT2D eigenvalue weighted by atomic mass is 9.84. The van der Waals surface area contributed by atoms with Crippen LogP contribution >= 0.6 is 0 Å². The SMILES string of the molecule is CCC(=O)c1cc(C(=O)NC2CC[C@@H](O)[C@H](C)C2)c([C@H](C)c2ccccc2)o1. The highest BCUT2D eigenvalue weighted by Gasteiger charge is 2.30. The molecule has 0 saturated heterocycles. The number of Topliss-reactive ketones (excluding diaryl/α,β-unsaturated/α-hetero) is 1. The van der Waals surface area contributed by atoms with Gasteiger partial charge in [-0.15, -0.1) is 0 Å². The summed E-state index contributed by atoms with van der Waals surface area (Å²) in [6, 6.07) is 11.4. The van der Waals surface area contributed by atoms with Crippen molar-refractivity contribution in [2.45, 2.75) is 64.5 Å². The van der Waals surface area contributed by atoms with Gasteiger partial charge in [0.15, 0.2) is 11.5 Å². The quantitative estimate of drug-likeness (QED) is 0.729. The number of hydrogen-bond donors (Lipinski definition) is 2. The molecule has 5 heteroatoms. The molecule has 0 aliphatic heterocycles. The van der Waals surface area contributed by atoms with Crippen molar-refractivity contribution in [1.82, 2.24) is 5.32 Å². The molecule has 1 aliphatic rings. The van der Waals surface area contributed by atoms with Gasteiger partial charge >= 0.3 is 0 Å². The Labute approximate surface area is 166 Å². The zero-order chi connectivity index (χ0) is 20.3. The summed E-state index contributed by atoms with van der Waals surface area (Å²) in [5.74, 6) is 0.429. The van der Waals surface area contributed by atoms with Gasteiger partial charge in [0.05, 0.1) is 11.7 Å². The van der Waals surface area contributed by atoms with Crippen LogP contribution in [0.25, 0.3) is 0 Å². The lowest BCUT2D eigenvalue weighted by Gasteiger charge is -2.31. The van der Waals surface area contributed by atoms with Gasteiger partial charge in [-0.2, -0.15) is 0 Å². The van der Waals surface area contributed by atoms with E-state index in [4.69, 9.17) is 4.42 Å². The lowest BCUT2D eigenvalue weighted by molar-refractivity contribution is 0.0615. The largest absolute Gasteiger partial charge is 0.456 e. The molecule has 5 nitrogen and oxygen atoms in total. The average Bonchev–Trinajstić information content (AvgIpc) is 3.16. The second-order valence-electron chi connectivity index (χ2n) is 7.83. The molecular weight excluding hydrogens is 354 g/mol. The Bertz CT molecular complexity index is 826. The summed E-state index contributed by atoms with van der Waals surface area (Å²) in [5.41, 5.74) is 1.45. The summed E-state index contributed by atoms with van der Waals surface area (Å²) < 4.78 is 5.88. The van der Waals surface area contributed by atoms with Crippen molar-refractivity contribution in [3.63, 3.8) is 0 Å². The second kappa shape index (κ2) is 8.74. The smallest absolute Gasteiger partial charge is 0.255 e. The van der Waals surface area contributed by atoms with Crippen molar-refractivity contribution in [3.05, 3.63) is 59.0 Å². The first kappa shape index (κ1) is 20.3. The minimum Gasteiger partial charge on any atom is -0.456 e. The number of aliphatic hydroxyl groups is 1. The van der Waals surface area contributed by atoms with E-state index in [2.05, 4.69) is 5.32 Å². The third-order valence-corrected chi connectivity index (χ3v) is 5.75. The highest BCUT2D eigenvalue weighted by atomic mass is 16.3. The molecule has 1 fully saturated rings. The van der Waals surface area contributed by atoms with Gasteiger partial charge in [0.2, 0.25) is 0 Å². The number of amides is 1. The molecule has 1 aromatic heterocycles. The minimum absolute atomic E-state index is 0.0195. The summed E-state index contributed by atoms with van der Waals surface area (Å²) in [6.07, 6.45) is 2.20. The van der Waals surface area contributed by atoms with E-state index in [-0.39, 0.29) is 41.4 Å². The molecule has 4 atom stereocenters. The summed E-state index contributed by atoms with van der Waals surface area (Å²) in [7, 11) is 0. The topological polar surface area (TPSA) is 79.5 Å². The number of furan rings is 1. The van der Waals surface area contributed by atoms with Crippen molar-refractivity contribution in [1.29, 1.82) is 0 Å². The van der Waals surface area contributed by atoms with Crippen LogP contribution in [0.4, 0.5) is 0 Å². The molecule has 1 aliphatic carbocycles. The van der Waals surface area contributed by atoms with Gasteiger partial charge in [0.25, 0.3) is 5.91 Å². The first-order chi connectivity index (χ1) is 13.4. The van der Waals surface area contributed by atoms with Gasteiger partial charge < -0.3 is 14.8 Å². The first-order valence-electron chi connectivity index (χ1n) is 10.1. The zero-order valence-electron chi connectivity index (χ0n) is 16.8. The van der Waals surface area contributed by atoms with Gasteiger partial charge in [-0.25, -0.2) is 0 Å². The van der Waals surface area contributed by atoms with Gasteiger partial charge in [-0.1, -0.05) is 51.1 Å². The molecule has 1 heterocycles. The van der Waals surface area contributed by atoms with E-state index in [1.165, 1.54) is 0 Å². The molecule has 1 saturated carbocycles. The predicted molar refractivity (Wildman–Crippen MR) is 108 cm³/mol. The third-order valence-electron chi connectivity index (χ3n) is 5.75. The molecule has 2 aromatic rings. The predicted octanol–water partition coefficient (Wildman–Crippen LogP) is 4.30. The van der Waals surface area contributed by atoms with Crippen LogP contribution in [0.15, 0.2) is 40.8 Å². The number of aliphatic hydroxyl groups excluding tert-OH is 1. The Hall–Kier alpha value is -2.40. The molecule has 2 N–H and O–H groups in total. The third kappa shape index (κ3) is 4.36. The Kier molecular flexibility index (Phi) is 6.35. The van der Waals surface area contributed by atoms with E-state index >= 15 is 0 Å². The standard InChI is InChI=1S/C23H29NO4/c1-4-19(25)21-13-18(22(28-21)15(3)16-8-6-5-7-9-16)23(27)24-17-10-11-20(26)14(2)12-17/h5-9,13-15,17,20,26H,4,10-12H2,1-3H3,(H,24,27)/t14-,15-,17?,20-/m1/s1. The Morgan fingerprint density at radius 1 is 1.25 bits per heavy atom. The fourth-order valence-corrected chi connectivity index (χ4v) is 3.88. The monoisotopic (exact) mass is 383 g/mol. The van der Waals surface area contributed by atoms with Crippen LogP contribution < -0.4 is 5.32 Å². The number of rotatable bonds is 6. The number of carbonyl (C=O) groups excluding carboxylic acids is 2. The number of carbonyl (C=O) groups is 2. The highest BCUT2D eigenvalue weighted by molar-refractivity contribution is 6.00. The molecule has 28 heavy (non-hydrogen) atoms. The molecule has 150 valence electrons. The Morgan fingerprint density at radius 3 is 2.61 bits per heavy atom. The normalized spacial score (nSPS) is 23.2. The van der Waals surface area contributed by atoms with Gasteiger partial charge in [0.1, 0.15) is 5.76 Å². The van der Waals surface area contributed by atoms with Crippen molar-refractivity contribution in [2.24, 2.45) is 5.92 Å². The number of nitrogens with one attached hydrogen (secondary N) is 1. The molecule has 3 rings (SSSR count). The summed E-state index contributed by atoms with van der Waals surface area (Å²) in [5, 5.41) is 13.0. The van der Waals surface area contributed by atoms with Crippen molar-refractivity contribution in [2.75, 3.05) is 0 Å². The molecule has 0 radical (unpaired) electrons. The number of ketones is 1. The summed E-state index contributed by atoms with van der Waals surface area (Å²) in [6.45, 7) is 5.76. The van der Waals surface area contributed by atoms with E-state index in [0.29, 0.717) is 24.2 Å². The van der Waals surface area contributed by atoms with E-state index in [0.717, 1.165) is 18.4 Å². The fourth-order valence-electron chi connectivity index (χ4n) is 3.88. The van der Waals surface area contributed by atoms with Crippen LogP contribution in [0.1, 0.15) is 84.6 Å². The molecular formula is C23H29NO4. The maximum absolute atomic E-state index is 13.0. The maximum Gasteiger partial charge on any atom is 0.255 e. The average molecular weight is 383 g/mol. The van der Waals surface area contributed by atoms with Crippen molar-refractivity contribution < 1.29 is 19.1 Å². The van der Waals surface area contributed by atoms with E-state index in [1.807, 2.05) is 44.2 Å². The van der Waals surface area contributed by atoms with Crippen LogP contribution in [0.5, 0.6) is 0 Å². The molecule has 0 spiro atoms. The van der Waals surface area contributed by atoms with Gasteiger partial charge in [-0.05, 0) is 30.7 Å². The van der Waals surface area contributed by atoms with Crippen LogP contribution in [-0.2, 0) is 0 Å². The van der Waals surface area contributed by atoms with Crippen LogP contribution in [0.2, 0.25) is 0 Å². The summed E-state index contributed by atoms with van der Waals surface area (Å²) >= 11 is 0. The van der Waals surface area contributed by atoms with Crippen LogP contribution in [0.3, 0.4) is 0 Å². The number of benzene rings is 1. The molecule has 1 amide bonds. The van der Waals surface area contributed by atoms with E-state index in [9.17, 15) is 14.7 Å². The molecule has 1 unspecified atom stereocenters.